The summed E-state index contributed by atoms with van der Waals surface area (Å²) >= 11 is 7.67. The zero-order chi connectivity index (χ0) is 43.5. The Labute approximate surface area is 371 Å². The molecule has 320 valence electrons. The van der Waals surface area contributed by atoms with E-state index in [0.29, 0.717) is 61.4 Å². The molecule has 0 radical (unpaired) electrons. The number of halogens is 2. The van der Waals surface area contributed by atoms with Crippen LogP contribution in [0, 0.1) is 0 Å². The van der Waals surface area contributed by atoms with Crippen LogP contribution in [0.3, 0.4) is 0 Å². The summed E-state index contributed by atoms with van der Waals surface area (Å²) in [6, 6.07) is 16.0. The van der Waals surface area contributed by atoms with E-state index in [9.17, 15) is 14.7 Å². The van der Waals surface area contributed by atoms with Gasteiger partial charge in [-0.1, -0.05) is 144 Å². The van der Waals surface area contributed by atoms with E-state index >= 15 is 4.79 Å². The second kappa shape index (κ2) is 18.9. The smallest absolute Gasteiger partial charge is 0.263 e. The van der Waals surface area contributed by atoms with Gasteiger partial charge < -0.3 is 10.4 Å². The predicted molar refractivity (Wildman–Crippen MR) is 258 cm³/mol. The molecule has 2 N–H and O–H groups in total. The van der Waals surface area contributed by atoms with Crippen LogP contribution in [0.4, 0.5) is 17.1 Å². The van der Waals surface area contributed by atoms with E-state index in [1.165, 1.54) is 9.13 Å². The number of nitrogens with zero attached hydrogens (tertiary/aromatic N) is 3. The molecule has 6 rings (SSSR count). The molecule has 0 spiro atoms. The van der Waals surface area contributed by atoms with Gasteiger partial charge in [-0.25, -0.2) is 4.99 Å². The SMILES string of the molecule is CCCCCCCCn1c(O)c2c(=Nc3ccc(C(C)(C)C)cc3)c(Br)c3c(=O)n(CCCCCCCC)c(=O)c4c(Br)c(Nc5ccc(C(C)(C)C)cc5)c(c1=O)c2c4-3. The van der Waals surface area contributed by atoms with E-state index in [4.69, 9.17) is 4.99 Å². The minimum atomic E-state index is -0.447. The maximum atomic E-state index is 15.1. The summed E-state index contributed by atoms with van der Waals surface area (Å²) in [5.74, 6) is -0.235. The summed E-state index contributed by atoms with van der Waals surface area (Å²) in [4.78, 5) is 49.9. The Bertz CT molecular complexity index is 2650. The lowest BCUT2D eigenvalue weighted by Gasteiger charge is -2.25. The van der Waals surface area contributed by atoms with Gasteiger partial charge in [0.2, 0.25) is 5.88 Å². The number of nitrogens with one attached hydrogen (secondary N) is 1. The number of aromatic hydroxyl groups is 1. The number of pyridine rings is 2. The molecule has 2 heterocycles. The maximum absolute atomic E-state index is 15.1. The Morgan fingerprint density at radius 3 is 1.58 bits per heavy atom. The van der Waals surface area contributed by atoms with Crippen LogP contribution in [0.5, 0.6) is 5.88 Å². The molecule has 3 aromatic carbocycles. The first-order valence-corrected chi connectivity index (χ1v) is 23.6. The quantitative estimate of drug-likeness (QED) is 0.0700. The molecule has 10 heteroatoms. The van der Waals surface area contributed by atoms with Crippen molar-refractivity contribution in [2.45, 2.75) is 156 Å². The van der Waals surface area contributed by atoms with Crippen molar-refractivity contribution in [2.24, 2.45) is 4.99 Å². The average Bonchev–Trinajstić information content (AvgIpc) is 3.19. The Kier molecular flexibility index (Phi) is 14.4. The molecule has 0 amide bonds. The van der Waals surface area contributed by atoms with E-state index in [-0.39, 0.29) is 39.6 Å². The Morgan fingerprint density at radius 2 is 1.05 bits per heavy atom. The van der Waals surface area contributed by atoms with Crippen molar-refractivity contribution in [3.63, 3.8) is 0 Å². The van der Waals surface area contributed by atoms with Gasteiger partial charge in [0.05, 0.1) is 47.4 Å². The number of aromatic nitrogens is 2. The number of hydrogen-bond donors (Lipinski definition) is 2. The molecule has 4 aromatic rings. The molecule has 1 aliphatic heterocycles. The highest BCUT2D eigenvalue weighted by Crippen LogP contribution is 2.47. The topological polar surface area (TPSA) is 106 Å². The Morgan fingerprint density at radius 1 is 0.567 bits per heavy atom. The third-order valence-corrected chi connectivity index (χ3v) is 13.5. The fraction of sp³-hybridized carbons (Fsp3) is 0.480. The molecule has 8 nitrogen and oxygen atoms in total. The standard InChI is InChI=1S/C50H62Br2N4O4/c1-9-11-13-15-17-19-29-55-45(57)37-35-36-39(43(41(37)51)53-33-25-21-31(22-26-33)49(3,4)5)47(59)56(30-20-18-16-14-12-10-2)48(60)40(36)44(42(52)38(35)46(55)58)54-34-27-23-32(24-28-34)50(6,7)8/h21-28,53,60H,9-20,29-30H2,1-8H3. The molecular formula is C50H62Br2N4O4. The number of rotatable bonds is 17. The van der Waals surface area contributed by atoms with Gasteiger partial charge in [0.1, 0.15) is 0 Å². The van der Waals surface area contributed by atoms with Gasteiger partial charge in [-0.05, 0) is 90.9 Å². The number of anilines is 2. The second-order valence-electron chi connectivity index (χ2n) is 18.5. The fourth-order valence-electron chi connectivity index (χ4n) is 8.33. The van der Waals surface area contributed by atoms with Crippen LogP contribution >= 0.6 is 31.9 Å². The lowest BCUT2D eigenvalue weighted by molar-refractivity contribution is 0.406. The average molecular weight is 943 g/mol. The molecule has 1 aromatic heterocycles. The van der Waals surface area contributed by atoms with Gasteiger partial charge in [0.25, 0.3) is 16.7 Å². The van der Waals surface area contributed by atoms with Crippen LogP contribution in [0.1, 0.15) is 144 Å². The van der Waals surface area contributed by atoms with Crippen molar-refractivity contribution >= 4 is 70.5 Å². The van der Waals surface area contributed by atoms with E-state index in [0.717, 1.165) is 81.0 Å². The number of hydrogen-bond acceptors (Lipinski definition) is 6. The molecule has 0 bridgehead atoms. The van der Waals surface area contributed by atoms with Gasteiger partial charge >= 0.3 is 0 Å². The molecule has 0 saturated carbocycles. The van der Waals surface area contributed by atoms with Gasteiger partial charge in [0.15, 0.2) is 0 Å². The molecule has 0 fully saturated rings. The van der Waals surface area contributed by atoms with Crippen molar-refractivity contribution in [3.05, 3.63) is 105 Å². The minimum Gasteiger partial charge on any atom is -0.494 e. The zero-order valence-electron chi connectivity index (χ0n) is 36.8. The van der Waals surface area contributed by atoms with Crippen LogP contribution in [0.25, 0.3) is 32.7 Å². The number of unbranched alkanes of at least 4 members (excludes halogenated alkanes) is 10. The van der Waals surface area contributed by atoms with Crippen LogP contribution in [0.2, 0.25) is 0 Å². The lowest BCUT2D eigenvalue weighted by Crippen LogP contribution is -2.37. The summed E-state index contributed by atoms with van der Waals surface area (Å²) < 4.78 is 3.56. The highest BCUT2D eigenvalue weighted by atomic mass is 79.9. The third kappa shape index (κ3) is 9.25. The monoisotopic (exact) mass is 940 g/mol. The third-order valence-electron chi connectivity index (χ3n) is 11.9. The van der Waals surface area contributed by atoms with E-state index < -0.39 is 16.7 Å². The zero-order valence-corrected chi connectivity index (χ0v) is 40.0. The van der Waals surface area contributed by atoms with Crippen molar-refractivity contribution in [1.82, 2.24) is 9.13 Å². The summed E-state index contributed by atoms with van der Waals surface area (Å²) in [6.07, 6.45) is 12.0. The molecule has 0 atom stereocenters. The van der Waals surface area contributed by atoms with Crippen molar-refractivity contribution in [3.8, 4) is 17.0 Å². The molecular weight excluding hydrogens is 880 g/mol. The van der Waals surface area contributed by atoms with Crippen LogP contribution in [-0.4, -0.2) is 14.2 Å². The molecule has 0 saturated heterocycles. The number of benzene rings is 4. The second-order valence-corrected chi connectivity index (χ2v) is 20.1. The van der Waals surface area contributed by atoms with Crippen molar-refractivity contribution < 1.29 is 5.11 Å². The highest BCUT2D eigenvalue weighted by Gasteiger charge is 2.33. The Hall–Kier alpha value is -4.02. The highest BCUT2D eigenvalue weighted by molar-refractivity contribution is 9.11. The van der Waals surface area contributed by atoms with Crippen LogP contribution < -0.4 is 27.4 Å². The van der Waals surface area contributed by atoms with Gasteiger partial charge in [-0.15, -0.1) is 0 Å². The first-order valence-electron chi connectivity index (χ1n) is 22.0. The normalized spacial score (nSPS) is 12.8. The summed E-state index contributed by atoms with van der Waals surface area (Å²) in [5, 5.41) is 17.5. The molecule has 2 aliphatic rings. The first-order chi connectivity index (χ1) is 28.5. The fourth-order valence-corrected chi connectivity index (χ4v) is 9.65. The van der Waals surface area contributed by atoms with E-state index in [1.54, 1.807) is 0 Å². The predicted octanol–water partition coefficient (Wildman–Crippen LogP) is 13.2. The van der Waals surface area contributed by atoms with E-state index in [2.05, 4.69) is 105 Å². The van der Waals surface area contributed by atoms with Crippen LogP contribution in [0.15, 0.2) is 76.9 Å². The van der Waals surface area contributed by atoms with Gasteiger partial charge in [-0.2, -0.15) is 0 Å². The maximum Gasteiger partial charge on any atom is 0.263 e. The molecule has 60 heavy (non-hydrogen) atoms. The van der Waals surface area contributed by atoms with Crippen molar-refractivity contribution in [1.29, 1.82) is 0 Å². The van der Waals surface area contributed by atoms with Crippen molar-refractivity contribution in [2.75, 3.05) is 5.32 Å². The van der Waals surface area contributed by atoms with Gasteiger partial charge in [0, 0.05) is 29.7 Å². The van der Waals surface area contributed by atoms with Gasteiger partial charge in [-0.3, -0.25) is 23.5 Å². The Balaban J connectivity index is 1.72. The summed E-state index contributed by atoms with van der Waals surface area (Å²) in [7, 11) is 0. The summed E-state index contributed by atoms with van der Waals surface area (Å²) in [5.41, 5.74) is 3.21. The van der Waals surface area contributed by atoms with E-state index in [1.807, 2.05) is 36.4 Å². The lowest BCUT2D eigenvalue weighted by atomic mass is 9.87. The minimum absolute atomic E-state index is 0.0668. The summed E-state index contributed by atoms with van der Waals surface area (Å²) in [6.45, 7) is 17.9. The molecule has 1 aliphatic carbocycles. The largest absolute Gasteiger partial charge is 0.494 e. The van der Waals surface area contributed by atoms with Crippen LogP contribution in [-0.2, 0) is 23.9 Å². The molecule has 0 unspecified atom stereocenters. The first kappa shape index (κ1) is 45.5.